The van der Waals surface area contributed by atoms with E-state index in [1.54, 1.807) is 6.07 Å². The molecule has 0 aliphatic heterocycles. The van der Waals surface area contributed by atoms with E-state index in [-0.39, 0.29) is 5.69 Å². The lowest BCUT2D eigenvalue weighted by molar-refractivity contribution is 0.581. The summed E-state index contributed by atoms with van der Waals surface area (Å²) in [6.45, 7) is 0. The second-order valence-corrected chi connectivity index (χ2v) is 2.85. The fraction of sp³-hybridized carbons (Fsp3) is 0. The monoisotopic (exact) mass is 248 g/mol. The minimum Gasteiger partial charge on any atom is -0.209 e. The Morgan fingerprint density at radius 2 is 2.30 bits per heavy atom. The molecule has 0 spiro atoms. The normalized spacial score (nSPS) is 8.90. The van der Waals surface area contributed by atoms with Crippen molar-refractivity contribution in [2.45, 2.75) is 0 Å². The Kier molecular flexibility index (Phi) is 2.17. The van der Waals surface area contributed by atoms with Gasteiger partial charge in [-0.3, -0.25) is 0 Å². The van der Waals surface area contributed by atoms with E-state index in [0.717, 1.165) is 0 Å². The standard InChI is InChI=1S/C6H2FIN2/c7-6-2-4(8)1-5(3-9)10-6/h1-2H. The maximum Gasteiger partial charge on any atom is 0.215 e. The Balaban J connectivity index is 3.22. The van der Waals surface area contributed by atoms with Crippen molar-refractivity contribution < 1.29 is 4.39 Å². The molecular formula is C6H2FIN2. The third-order valence-electron chi connectivity index (χ3n) is 0.873. The highest BCUT2D eigenvalue weighted by atomic mass is 127. The van der Waals surface area contributed by atoms with E-state index in [4.69, 9.17) is 5.26 Å². The third-order valence-corrected chi connectivity index (χ3v) is 1.50. The molecule has 0 bridgehead atoms. The largest absolute Gasteiger partial charge is 0.215 e. The summed E-state index contributed by atoms with van der Waals surface area (Å²) in [5.74, 6) is -0.608. The zero-order valence-electron chi connectivity index (χ0n) is 4.81. The average molecular weight is 248 g/mol. The first-order valence-electron chi connectivity index (χ1n) is 2.45. The summed E-state index contributed by atoms with van der Waals surface area (Å²) >= 11 is 1.92. The van der Waals surface area contributed by atoms with Gasteiger partial charge in [0.05, 0.1) is 0 Å². The van der Waals surface area contributed by atoms with Gasteiger partial charge in [-0.1, -0.05) is 0 Å². The SMILES string of the molecule is N#Cc1cc(I)cc(F)n1. The van der Waals surface area contributed by atoms with Gasteiger partial charge in [0, 0.05) is 9.64 Å². The molecule has 0 atom stereocenters. The summed E-state index contributed by atoms with van der Waals surface area (Å²) in [5, 5.41) is 8.30. The van der Waals surface area contributed by atoms with E-state index in [9.17, 15) is 4.39 Å². The number of rotatable bonds is 0. The predicted molar refractivity (Wildman–Crippen MR) is 41.6 cm³/mol. The zero-order chi connectivity index (χ0) is 7.56. The molecular weight excluding hydrogens is 246 g/mol. The van der Waals surface area contributed by atoms with Gasteiger partial charge in [-0.05, 0) is 28.7 Å². The highest BCUT2D eigenvalue weighted by Crippen LogP contribution is 2.06. The van der Waals surface area contributed by atoms with Crippen molar-refractivity contribution >= 4 is 22.6 Å². The van der Waals surface area contributed by atoms with E-state index in [2.05, 4.69) is 4.98 Å². The van der Waals surface area contributed by atoms with Crippen LogP contribution >= 0.6 is 22.6 Å². The fourth-order valence-electron chi connectivity index (χ4n) is 0.523. The minimum atomic E-state index is -0.608. The van der Waals surface area contributed by atoms with Crippen molar-refractivity contribution in [3.05, 3.63) is 27.3 Å². The van der Waals surface area contributed by atoms with Gasteiger partial charge in [-0.25, -0.2) is 4.98 Å². The molecule has 0 amide bonds. The number of nitrogens with zero attached hydrogens (tertiary/aromatic N) is 2. The summed E-state index contributed by atoms with van der Waals surface area (Å²) < 4.78 is 13.0. The van der Waals surface area contributed by atoms with E-state index in [0.29, 0.717) is 3.57 Å². The zero-order valence-corrected chi connectivity index (χ0v) is 6.96. The van der Waals surface area contributed by atoms with Crippen LogP contribution in [0.2, 0.25) is 0 Å². The van der Waals surface area contributed by atoms with Crippen molar-refractivity contribution in [1.29, 1.82) is 5.26 Å². The summed E-state index contributed by atoms with van der Waals surface area (Å²) in [6, 6.07) is 4.54. The average Bonchev–Trinajstić information content (AvgIpc) is 1.85. The molecule has 0 radical (unpaired) electrons. The molecule has 0 aromatic carbocycles. The molecule has 1 rings (SSSR count). The van der Waals surface area contributed by atoms with E-state index >= 15 is 0 Å². The minimum absolute atomic E-state index is 0.115. The molecule has 0 aliphatic rings. The second kappa shape index (κ2) is 2.92. The molecule has 0 saturated heterocycles. The molecule has 0 N–H and O–H groups in total. The van der Waals surface area contributed by atoms with Gasteiger partial charge in [0.1, 0.15) is 11.8 Å². The molecule has 0 fully saturated rings. The second-order valence-electron chi connectivity index (χ2n) is 1.61. The van der Waals surface area contributed by atoms with Crippen LogP contribution in [0.4, 0.5) is 4.39 Å². The van der Waals surface area contributed by atoms with Crippen LogP contribution < -0.4 is 0 Å². The van der Waals surface area contributed by atoms with E-state index in [1.807, 2.05) is 22.6 Å². The van der Waals surface area contributed by atoms with Gasteiger partial charge < -0.3 is 0 Å². The van der Waals surface area contributed by atoms with Gasteiger partial charge in [-0.2, -0.15) is 9.65 Å². The Hall–Kier alpha value is -0.700. The number of pyridine rings is 1. The van der Waals surface area contributed by atoms with E-state index < -0.39 is 5.95 Å². The highest BCUT2D eigenvalue weighted by molar-refractivity contribution is 14.1. The van der Waals surface area contributed by atoms with Crippen molar-refractivity contribution in [1.82, 2.24) is 4.98 Å². The molecule has 1 aromatic rings. The van der Waals surface area contributed by atoms with Gasteiger partial charge in [0.15, 0.2) is 0 Å². The quantitative estimate of drug-likeness (QED) is 0.517. The Morgan fingerprint density at radius 1 is 1.60 bits per heavy atom. The molecule has 0 saturated carbocycles. The molecule has 10 heavy (non-hydrogen) atoms. The maximum absolute atomic E-state index is 12.3. The number of hydrogen-bond donors (Lipinski definition) is 0. The molecule has 1 aromatic heterocycles. The van der Waals surface area contributed by atoms with Gasteiger partial charge in [0.2, 0.25) is 5.95 Å². The fourth-order valence-corrected chi connectivity index (χ4v) is 1.07. The lowest BCUT2D eigenvalue weighted by atomic mass is 10.4. The number of hydrogen-bond acceptors (Lipinski definition) is 2. The first kappa shape index (κ1) is 7.41. The van der Waals surface area contributed by atoms with Crippen molar-refractivity contribution in [2.24, 2.45) is 0 Å². The van der Waals surface area contributed by atoms with Gasteiger partial charge in [-0.15, -0.1) is 0 Å². The van der Waals surface area contributed by atoms with E-state index in [1.165, 1.54) is 12.1 Å². The molecule has 50 valence electrons. The Labute approximate surface area is 70.8 Å². The van der Waals surface area contributed by atoms with Crippen molar-refractivity contribution in [3.63, 3.8) is 0 Å². The summed E-state index contributed by atoms with van der Waals surface area (Å²) in [6.07, 6.45) is 0. The van der Waals surface area contributed by atoms with Crippen LogP contribution in [0.25, 0.3) is 0 Å². The molecule has 0 aliphatic carbocycles. The van der Waals surface area contributed by atoms with Gasteiger partial charge in [0.25, 0.3) is 0 Å². The molecule has 2 nitrogen and oxygen atoms in total. The number of nitriles is 1. The third kappa shape index (κ3) is 1.64. The van der Waals surface area contributed by atoms with Crippen LogP contribution in [-0.4, -0.2) is 4.98 Å². The van der Waals surface area contributed by atoms with Crippen molar-refractivity contribution in [2.75, 3.05) is 0 Å². The lowest BCUT2D eigenvalue weighted by Gasteiger charge is -1.90. The van der Waals surface area contributed by atoms with Crippen LogP contribution in [0.1, 0.15) is 5.69 Å². The van der Waals surface area contributed by atoms with Gasteiger partial charge >= 0.3 is 0 Å². The van der Waals surface area contributed by atoms with Crippen LogP contribution in [0.3, 0.4) is 0 Å². The number of halogens is 2. The van der Waals surface area contributed by atoms with Crippen LogP contribution in [0, 0.1) is 20.8 Å². The van der Waals surface area contributed by atoms with Crippen LogP contribution in [-0.2, 0) is 0 Å². The molecule has 4 heteroatoms. The Morgan fingerprint density at radius 3 is 2.80 bits per heavy atom. The summed E-state index contributed by atoms with van der Waals surface area (Å²) in [7, 11) is 0. The Bertz CT molecular complexity index is 272. The first-order valence-corrected chi connectivity index (χ1v) is 3.53. The predicted octanol–water partition coefficient (Wildman–Crippen LogP) is 1.70. The van der Waals surface area contributed by atoms with Crippen LogP contribution in [0.5, 0.6) is 0 Å². The number of aromatic nitrogens is 1. The molecule has 1 heterocycles. The molecule has 0 unspecified atom stereocenters. The van der Waals surface area contributed by atoms with Crippen LogP contribution in [0.15, 0.2) is 12.1 Å². The first-order chi connectivity index (χ1) is 4.72. The summed E-state index contributed by atoms with van der Waals surface area (Å²) in [4.78, 5) is 3.32. The smallest absolute Gasteiger partial charge is 0.209 e. The van der Waals surface area contributed by atoms with Crippen molar-refractivity contribution in [3.8, 4) is 6.07 Å². The summed E-state index contributed by atoms with van der Waals surface area (Å²) in [5.41, 5.74) is 0.115. The lowest BCUT2D eigenvalue weighted by Crippen LogP contribution is -1.88. The highest BCUT2D eigenvalue weighted by Gasteiger charge is 1.97. The maximum atomic E-state index is 12.3. The topological polar surface area (TPSA) is 36.7 Å².